The molecule has 0 atom stereocenters. The number of aromatic nitrogens is 1. The second-order valence-electron chi connectivity index (χ2n) is 5.60. The molecule has 108 valence electrons. The van der Waals surface area contributed by atoms with E-state index in [0.717, 1.165) is 23.5 Å². The van der Waals surface area contributed by atoms with E-state index in [1.807, 2.05) is 6.21 Å². The summed E-state index contributed by atoms with van der Waals surface area (Å²) in [6, 6.07) is 17.0. The van der Waals surface area contributed by atoms with Crippen LogP contribution < -0.4 is 0 Å². The first-order valence-corrected chi connectivity index (χ1v) is 8.30. The first kappa shape index (κ1) is 13.4. The van der Waals surface area contributed by atoms with Crippen LogP contribution in [0.3, 0.4) is 0 Å². The van der Waals surface area contributed by atoms with E-state index in [9.17, 15) is 0 Å². The fraction of sp³-hybridized carbons (Fsp3) is 0.158. The van der Waals surface area contributed by atoms with Gasteiger partial charge in [0.1, 0.15) is 0 Å². The van der Waals surface area contributed by atoms with Gasteiger partial charge in [0.25, 0.3) is 0 Å². The van der Waals surface area contributed by atoms with Crippen LogP contribution in [0.2, 0.25) is 0 Å². The summed E-state index contributed by atoms with van der Waals surface area (Å²) in [5, 5.41) is 0.849. The van der Waals surface area contributed by atoms with Gasteiger partial charge in [-0.1, -0.05) is 65.4 Å². The Hall–Kier alpha value is -2.26. The third kappa shape index (κ3) is 2.48. The van der Waals surface area contributed by atoms with Gasteiger partial charge >= 0.3 is 0 Å². The van der Waals surface area contributed by atoms with E-state index < -0.39 is 0 Å². The fourth-order valence-corrected chi connectivity index (χ4v) is 3.79. The predicted molar refractivity (Wildman–Crippen MR) is 93.4 cm³/mol. The van der Waals surface area contributed by atoms with Crippen molar-refractivity contribution >= 4 is 22.7 Å². The molecule has 3 heteroatoms. The summed E-state index contributed by atoms with van der Waals surface area (Å²) < 4.78 is 0. The van der Waals surface area contributed by atoms with Gasteiger partial charge in [-0.05, 0) is 36.5 Å². The third-order valence-electron chi connectivity index (χ3n) is 3.98. The number of thiazole rings is 1. The van der Waals surface area contributed by atoms with E-state index in [1.165, 1.54) is 27.3 Å². The summed E-state index contributed by atoms with van der Waals surface area (Å²) >= 11 is 1.69. The van der Waals surface area contributed by atoms with Crippen molar-refractivity contribution in [2.24, 2.45) is 4.99 Å². The molecule has 0 radical (unpaired) electrons. The van der Waals surface area contributed by atoms with Crippen LogP contribution in [0.4, 0.5) is 5.13 Å². The van der Waals surface area contributed by atoms with Crippen molar-refractivity contribution in [1.29, 1.82) is 0 Å². The molecule has 0 amide bonds. The maximum Gasteiger partial charge on any atom is 0.209 e. The number of aliphatic imine (C=N–C) groups is 1. The minimum absolute atomic E-state index is 0.849. The van der Waals surface area contributed by atoms with Crippen LogP contribution in [0.15, 0.2) is 53.5 Å². The van der Waals surface area contributed by atoms with Crippen molar-refractivity contribution in [2.45, 2.75) is 19.8 Å². The van der Waals surface area contributed by atoms with Crippen LogP contribution in [-0.2, 0) is 12.8 Å². The first-order chi connectivity index (χ1) is 10.8. The molecule has 4 rings (SSSR count). The zero-order valence-electron chi connectivity index (χ0n) is 12.4. The third-order valence-corrected chi connectivity index (χ3v) is 5.02. The summed E-state index contributed by atoms with van der Waals surface area (Å²) in [5.41, 5.74) is 6.32. The van der Waals surface area contributed by atoms with E-state index in [4.69, 9.17) is 4.98 Å². The van der Waals surface area contributed by atoms with Gasteiger partial charge in [0.15, 0.2) is 0 Å². The van der Waals surface area contributed by atoms with Crippen LogP contribution in [0, 0.1) is 6.92 Å². The number of rotatable bonds is 2. The molecular formula is C19H16N2S. The lowest BCUT2D eigenvalue weighted by Gasteiger charge is -2.13. The van der Waals surface area contributed by atoms with E-state index >= 15 is 0 Å². The van der Waals surface area contributed by atoms with E-state index in [1.54, 1.807) is 11.3 Å². The molecular weight excluding hydrogens is 288 g/mol. The molecule has 0 spiro atoms. The average Bonchev–Trinajstić information content (AvgIpc) is 2.98. The number of hydrogen-bond acceptors (Lipinski definition) is 3. The largest absolute Gasteiger partial charge is 0.227 e. The Morgan fingerprint density at radius 3 is 2.73 bits per heavy atom. The fourth-order valence-electron chi connectivity index (χ4n) is 2.77. The Balaban J connectivity index is 1.66. The monoisotopic (exact) mass is 304 g/mol. The highest BCUT2D eigenvalue weighted by Gasteiger charge is 2.19. The molecule has 0 bridgehead atoms. The number of aryl methyl sites for hydroxylation is 3. The molecule has 2 aromatic carbocycles. The molecule has 0 unspecified atom stereocenters. The molecule has 0 saturated carbocycles. The van der Waals surface area contributed by atoms with Gasteiger partial charge in [-0.2, -0.15) is 0 Å². The molecule has 0 fully saturated rings. The van der Waals surface area contributed by atoms with Gasteiger partial charge in [0.05, 0.1) is 10.6 Å². The molecule has 1 aliphatic carbocycles. The lowest BCUT2D eigenvalue weighted by Crippen LogP contribution is -2.01. The smallest absolute Gasteiger partial charge is 0.209 e. The van der Waals surface area contributed by atoms with Crippen LogP contribution in [0.5, 0.6) is 0 Å². The van der Waals surface area contributed by atoms with Crippen molar-refractivity contribution in [3.63, 3.8) is 0 Å². The molecule has 1 aliphatic rings. The predicted octanol–water partition coefficient (Wildman–Crippen LogP) is 4.97. The molecule has 22 heavy (non-hydrogen) atoms. The molecule has 0 N–H and O–H groups in total. The Labute approximate surface area is 134 Å². The van der Waals surface area contributed by atoms with Crippen LogP contribution in [0.1, 0.15) is 22.4 Å². The van der Waals surface area contributed by atoms with Gasteiger partial charge < -0.3 is 0 Å². The maximum atomic E-state index is 4.70. The van der Waals surface area contributed by atoms with Crippen molar-refractivity contribution in [1.82, 2.24) is 4.98 Å². The number of fused-ring (bicyclic) bond motifs is 3. The van der Waals surface area contributed by atoms with Gasteiger partial charge in [-0.3, -0.25) is 0 Å². The summed E-state index contributed by atoms with van der Waals surface area (Å²) in [6.07, 6.45) is 3.99. The Morgan fingerprint density at radius 1 is 1.05 bits per heavy atom. The second-order valence-corrected chi connectivity index (χ2v) is 6.58. The van der Waals surface area contributed by atoms with Crippen molar-refractivity contribution in [3.05, 3.63) is 70.9 Å². The summed E-state index contributed by atoms with van der Waals surface area (Å²) in [6.45, 7) is 2.09. The highest BCUT2D eigenvalue weighted by atomic mass is 32.1. The quantitative estimate of drug-likeness (QED) is 0.614. The van der Waals surface area contributed by atoms with Crippen LogP contribution >= 0.6 is 11.3 Å². The minimum atomic E-state index is 0.849. The van der Waals surface area contributed by atoms with E-state index in [2.05, 4.69) is 60.4 Å². The highest BCUT2D eigenvalue weighted by molar-refractivity contribution is 7.18. The lowest BCUT2D eigenvalue weighted by molar-refractivity contribution is 0.910. The van der Waals surface area contributed by atoms with Gasteiger partial charge in [0, 0.05) is 6.21 Å². The second kappa shape index (κ2) is 5.50. The van der Waals surface area contributed by atoms with Gasteiger partial charge in [-0.25, -0.2) is 9.98 Å². The van der Waals surface area contributed by atoms with Gasteiger partial charge in [0.2, 0.25) is 5.13 Å². The van der Waals surface area contributed by atoms with E-state index in [-0.39, 0.29) is 0 Å². The Bertz CT molecular complexity index is 844. The summed E-state index contributed by atoms with van der Waals surface area (Å²) in [7, 11) is 0. The molecule has 2 nitrogen and oxygen atoms in total. The molecule has 3 aromatic rings. The van der Waals surface area contributed by atoms with Crippen LogP contribution in [-0.4, -0.2) is 11.2 Å². The lowest BCUT2D eigenvalue weighted by atomic mass is 9.94. The standard InChI is InChI=1S/C19H16N2S/c1-13-6-8-14(9-7-13)12-20-19-21-17-11-10-15-4-2-3-5-16(15)18(17)22-19/h2-9,12H,10-11H2,1H3. The zero-order chi connectivity index (χ0) is 14.9. The zero-order valence-corrected chi connectivity index (χ0v) is 13.2. The summed E-state index contributed by atoms with van der Waals surface area (Å²) in [4.78, 5) is 10.6. The van der Waals surface area contributed by atoms with Gasteiger partial charge in [-0.15, -0.1) is 0 Å². The first-order valence-electron chi connectivity index (χ1n) is 7.48. The van der Waals surface area contributed by atoms with Crippen molar-refractivity contribution in [2.75, 3.05) is 0 Å². The number of nitrogens with zero attached hydrogens (tertiary/aromatic N) is 2. The van der Waals surface area contributed by atoms with E-state index in [0.29, 0.717) is 0 Å². The SMILES string of the molecule is Cc1ccc(C=Nc2nc3c(s2)-c2ccccc2CC3)cc1. The van der Waals surface area contributed by atoms with Crippen molar-refractivity contribution < 1.29 is 0 Å². The average molecular weight is 304 g/mol. The Kier molecular flexibility index (Phi) is 3.35. The molecule has 1 aromatic heterocycles. The van der Waals surface area contributed by atoms with Crippen LogP contribution in [0.25, 0.3) is 10.4 Å². The summed E-state index contributed by atoms with van der Waals surface area (Å²) in [5.74, 6) is 0. The maximum absolute atomic E-state index is 4.70. The number of benzene rings is 2. The molecule has 1 heterocycles. The normalized spacial score (nSPS) is 13.1. The topological polar surface area (TPSA) is 25.2 Å². The van der Waals surface area contributed by atoms with Crippen molar-refractivity contribution in [3.8, 4) is 10.4 Å². The highest BCUT2D eigenvalue weighted by Crippen LogP contribution is 2.40. The Morgan fingerprint density at radius 2 is 1.86 bits per heavy atom. The molecule has 0 aliphatic heterocycles. The number of hydrogen-bond donors (Lipinski definition) is 0. The minimum Gasteiger partial charge on any atom is -0.227 e. The molecule has 0 saturated heterocycles.